The van der Waals surface area contributed by atoms with Crippen LogP contribution < -0.4 is 11.2 Å². The number of carbonyl (C=O) groups excluding carboxylic acids is 3. The highest BCUT2D eigenvalue weighted by Crippen LogP contribution is 2.34. The lowest BCUT2D eigenvalue weighted by atomic mass is 10.1. The van der Waals surface area contributed by atoms with Crippen molar-refractivity contribution in [1.29, 1.82) is 0 Å². The van der Waals surface area contributed by atoms with E-state index in [2.05, 4.69) is 16.8 Å². The maximum atomic E-state index is 12.5. The highest BCUT2D eigenvalue weighted by atomic mass is 16.7. The van der Waals surface area contributed by atoms with Crippen LogP contribution in [0.2, 0.25) is 0 Å². The van der Waals surface area contributed by atoms with Gasteiger partial charge in [-0.05, 0) is 6.92 Å². The molecule has 174 valence electrons. The van der Waals surface area contributed by atoms with Crippen LogP contribution in [0.1, 0.15) is 58.7 Å². The monoisotopic (exact) mass is 450 g/mol. The Labute approximate surface area is 184 Å². The van der Waals surface area contributed by atoms with Crippen LogP contribution in [0.3, 0.4) is 0 Å². The zero-order chi connectivity index (χ0) is 23.8. The van der Waals surface area contributed by atoms with Crippen molar-refractivity contribution >= 4 is 17.9 Å². The molecule has 11 nitrogen and oxygen atoms in total. The molecule has 0 bridgehead atoms. The number of H-pyrrole nitrogens is 1. The maximum Gasteiger partial charge on any atom is 0.330 e. The summed E-state index contributed by atoms with van der Waals surface area (Å²) in [6.07, 6.45) is -3.36. The maximum absolute atomic E-state index is 12.5. The summed E-state index contributed by atoms with van der Waals surface area (Å²) < 4.78 is 22.9. The van der Waals surface area contributed by atoms with E-state index < -0.39 is 53.7 Å². The molecule has 0 saturated carbocycles. The summed E-state index contributed by atoms with van der Waals surface area (Å²) in [5, 5.41) is 0. The number of hydrogen-bond donors (Lipinski definition) is 1. The van der Waals surface area contributed by atoms with E-state index in [9.17, 15) is 24.0 Å². The van der Waals surface area contributed by atoms with Gasteiger partial charge in [0.05, 0.1) is 0 Å². The Morgan fingerprint density at radius 1 is 1.03 bits per heavy atom. The van der Waals surface area contributed by atoms with E-state index in [1.807, 2.05) is 0 Å². The Morgan fingerprint density at radius 2 is 1.62 bits per heavy atom. The van der Waals surface area contributed by atoms with Gasteiger partial charge in [-0.1, -0.05) is 26.7 Å². The first-order valence-corrected chi connectivity index (χ1v) is 10.2. The fraction of sp³-hybridized carbons (Fsp3) is 0.571. The molecular weight excluding hydrogens is 424 g/mol. The van der Waals surface area contributed by atoms with Crippen LogP contribution in [0.4, 0.5) is 0 Å². The molecule has 0 aromatic carbocycles. The standard InChI is InChI=1S/C21H26N2O9/c1-5-9-12-10-23(21(28)22-19(12)27)20-18(32-16(26)8-4)17(31-15(25)7-3)13(30-20)11-29-14(24)6-2/h10,13,17-18,20H,6-8,11H2,1-4H3,(H,22,27,28)/t13-,17-,18+,20-/m1/s1. The Morgan fingerprint density at radius 3 is 2.19 bits per heavy atom. The van der Waals surface area contributed by atoms with Gasteiger partial charge >= 0.3 is 23.6 Å². The van der Waals surface area contributed by atoms with Gasteiger partial charge < -0.3 is 18.9 Å². The first-order valence-electron chi connectivity index (χ1n) is 10.2. The van der Waals surface area contributed by atoms with Gasteiger partial charge in [0, 0.05) is 25.5 Å². The van der Waals surface area contributed by atoms with Crippen LogP contribution in [-0.2, 0) is 33.3 Å². The average Bonchev–Trinajstić information content (AvgIpc) is 3.10. The van der Waals surface area contributed by atoms with E-state index in [1.165, 1.54) is 13.1 Å². The van der Waals surface area contributed by atoms with E-state index in [4.69, 9.17) is 18.9 Å². The lowest BCUT2D eigenvalue weighted by Crippen LogP contribution is -2.43. The van der Waals surface area contributed by atoms with Gasteiger partial charge in [-0.2, -0.15) is 0 Å². The van der Waals surface area contributed by atoms with Gasteiger partial charge in [0.1, 0.15) is 18.3 Å². The molecule has 1 aromatic rings. The molecule has 32 heavy (non-hydrogen) atoms. The SMILES string of the molecule is CC#Cc1cn([C@@H]2O[C@H](COC(=O)CC)[C@@H](OC(=O)CC)[C@@H]2OC(=O)CC)c(=O)[nH]c1=O. The summed E-state index contributed by atoms with van der Waals surface area (Å²) >= 11 is 0. The normalized spacial score (nSPS) is 21.9. The number of nitrogens with zero attached hydrogens (tertiary/aromatic N) is 1. The zero-order valence-corrected chi connectivity index (χ0v) is 18.3. The van der Waals surface area contributed by atoms with Gasteiger partial charge in [-0.3, -0.25) is 28.7 Å². The fourth-order valence-electron chi connectivity index (χ4n) is 2.98. The Bertz CT molecular complexity index is 1030. The number of hydrogen-bond acceptors (Lipinski definition) is 9. The van der Waals surface area contributed by atoms with Gasteiger partial charge in [0.25, 0.3) is 5.56 Å². The summed E-state index contributed by atoms with van der Waals surface area (Å²) in [7, 11) is 0. The van der Waals surface area contributed by atoms with E-state index in [0.29, 0.717) is 0 Å². The van der Waals surface area contributed by atoms with Crippen LogP contribution in [0, 0.1) is 11.8 Å². The summed E-state index contributed by atoms with van der Waals surface area (Å²) in [4.78, 5) is 62.5. The van der Waals surface area contributed by atoms with Crippen molar-refractivity contribution in [3.63, 3.8) is 0 Å². The molecule has 0 spiro atoms. The van der Waals surface area contributed by atoms with Crippen LogP contribution in [0.15, 0.2) is 15.8 Å². The second-order valence-electron chi connectivity index (χ2n) is 6.80. The number of ether oxygens (including phenoxy) is 4. The first-order chi connectivity index (χ1) is 15.2. The number of esters is 3. The van der Waals surface area contributed by atoms with Gasteiger partial charge in [-0.15, -0.1) is 5.92 Å². The van der Waals surface area contributed by atoms with Crippen molar-refractivity contribution in [3.8, 4) is 11.8 Å². The van der Waals surface area contributed by atoms with Crippen molar-refractivity contribution in [2.24, 2.45) is 0 Å². The molecule has 11 heteroatoms. The molecule has 1 aliphatic heterocycles. The lowest BCUT2D eigenvalue weighted by Gasteiger charge is -2.24. The molecular formula is C21H26N2O9. The Balaban J connectivity index is 2.53. The predicted molar refractivity (Wildman–Crippen MR) is 109 cm³/mol. The second kappa shape index (κ2) is 11.3. The summed E-state index contributed by atoms with van der Waals surface area (Å²) in [6.45, 7) is 5.98. The predicted octanol–water partition coefficient (Wildman–Crippen LogP) is 0.402. The third-order valence-electron chi connectivity index (χ3n) is 4.60. The quantitative estimate of drug-likeness (QED) is 0.338. The molecule has 0 radical (unpaired) electrons. The number of carbonyl (C=O) groups is 3. The largest absolute Gasteiger partial charge is 0.463 e. The highest BCUT2D eigenvalue weighted by molar-refractivity contribution is 5.70. The molecule has 2 rings (SSSR count). The Kier molecular flexibility index (Phi) is 8.78. The minimum absolute atomic E-state index is 0.0141. The van der Waals surface area contributed by atoms with Crippen molar-refractivity contribution in [3.05, 3.63) is 32.6 Å². The van der Waals surface area contributed by atoms with Crippen LogP contribution in [0.5, 0.6) is 0 Å². The molecule has 1 aromatic heterocycles. The van der Waals surface area contributed by atoms with Gasteiger partial charge in [0.15, 0.2) is 18.4 Å². The summed E-state index contributed by atoms with van der Waals surface area (Å²) in [5.41, 5.74) is -1.55. The minimum Gasteiger partial charge on any atom is -0.463 e. The molecule has 1 N–H and O–H groups in total. The molecule has 0 unspecified atom stereocenters. The molecule has 1 fully saturated rings. The van der Waals surface area contributed by atoms with Crippen molar-refractivity contribution in [2.45, 2.75) is 71.5 Å². The highest BCUT2D eigenvalue weighted by Gasteiger charge is 2.51. The third-order valence-corrected chi connectivity index (χ3v) is 4.60. The van der Waals surface area contributed by atoms with Crippen LogP contribution in [-0.4, -0.2) is 52.4 Å². The Hall–Kier alpha value is -3.39. The second-order valence-corrected chi connectivity index (χ2v) is 6.80. The number of aromatic amines is 1. The molecule has 1 aliphatic rings. The van der Waals surface area contributed by atoms with Gasteiger partial charge in [-0.25, -0.2) is 4.79 Å². The van der Waals surface area contributed by atoms with Crippen molar-refractivity contribution in [2.75, 3.05) is 6.61 Å². The molecule has 1 saturated heterocycles. The zero-order valence-electron chi connectivity index (χ0n) is 18.3. The number of nitrogens with one attached hydrogen (secondary N) is 1. The van der Waals surface area contributed by atoms with Crippen molar-refractivity contribution < 1.29 is 33.3 Å². The lowest BCUT2D eigenvalue weighted by molar-refractivity contribution is -0.169. The van der Waals surface area contributed by atoms with Gasteiger partial charge in [0.2, 0.25) is 0 Å². The molecule has 0 aliphatic carbocycles. The summed E-state index contributed by atoms with van der Waals surface area (Å²) in [6, 6.07) is 0. The van der Waals surface area contributed by atoms with E-state index in [1.54, 1.807) is 20.8 Å². The molecule has 0 amide bonds. The molecule has 2 heterocycles. The van der Waals surface area contributed by atoms with E-state index >= 15 is 0 Å². The van der Waals surface area contributed by atoms with E-state index in [-0.39, 0.29) is 31.4 Å². The average molecular weight is 450 g/mol. The third kappa shape index (κ3) is 5.85. The van der Waals surface area contributed by atoms with Crippen LogP contribution in [0.25, 0.3) is 0 Å². The van der Waals surface area contributed by atoms with Crippen molar-refractivity contribution in [1.82, 2.24) is 9.55 Å². The van der Waals surface area contributed by atoms with Crippen LogP contribution >= 0.6 is 0 Å². The number of rotatable bonds is 8. The number of aromatic nitrogens is 2. The smallest absolute Gasteiger partial charge is 0.330 e. The molecule has 4 atom stereocenters. The van der Waals surface area contributed by atoms with E-state index in [0.717, 1.165) is 4.57 Å². The fourth-order valence-corrected chi connectivity index (χ4v) is 2.98. The topological polar surface area (TPSA) is 143 Å². The summed E-state index contributed by atoms with van der Waals surface area (Å²) in [5.74, 6) is 3.40. The minimum atomic E-state index is -1.27. The first kappa shape index (κ1) is 24.9.